The molecule has 0 saturated carbocycles. The van der Waals surface area contributed by atoms with Gasteiger partial charge < -0.3 is 16.0 Å². The number of anilines is 4. The van der Waals surface area contributed by atoms with Gasteiger partial charge in [-0.3, -0.25) is 14.9 Å². The van der Waals surface area contributed by atoms with Gasteiger partial charge >= 0.3 is 6.03 Å². The van der Waals surface area contributed by atoms with Gasteiger partial charge in [0.15, 0.2) is 5.13 Å². The summed E-state index contributed by atoms with van der Waals surface area (Å²) in [5.41, 5.74) is 1.87. The van der Waals surface area contributed by atoms with Crippen molar-refractivity contribution in [1.82, 2.24) is 4.98 Å². The minimum Gasteiger partial charge on any atom is -0.326 e. The second-order valence-corrected chi connectivity index (χ2v) is 7.13. The van der Waals surface area contributed by atoms with E-state index in [1.165, 1.54) is 12.3 Å². The van der Waals surface area contributed by atoms with E-state index in [9.17, 15) is 14.4 Å². The van der Waals surface area contributed by atoms with Gasteiger partial charge in [-0.1, -0.05) is 17.7 Å². The Bertz CT molecular complexity index is 1050. The second-order valence-electron chi connectivity index (χ2n) is 5.84. The Morgan fingerprint density at radius 3 is 2.24 bits per heavy atom. The highest BCUT2D eigenvalue weighted by molar-refractivity contribution is 7.14. The second kappa shape index (κ2) is 9.18. The molecule has 0 unspecified atom stereocenters. The van der Waals surface area contributed by atoms with Gasteiger partial charge in [-0.2, -0.15) is 0 Å². The molecule has 0 aliphatic heterocycles. The summed E-state index contributed by atoms with van der Waals surface area (Å²) in [4.78, 5) is 39.5. The molecule has 4 amide bonds. The first-order valence-corrected chi connectivity index (χ1v) is 9.63. The number of hydrogen-bond donors (Lipinski definition) is 4. The SMILES string of the molecule is CC(=O)Nc1ccc(NC(=O)c2csc(NC(=O)Nc3cccc(Cl)c3)n2)cc1. The number of hydrogen-bond acceptors (Lipinski definition) is 5. The lowest BCUT2D eigenvalue weighted by atomic mass is 10.2. The van der Waals surface area contributed by atoms with Crippen molar-refractivity contribution < 1.29 is 14.4 Å². The van der Waals surface area contributed by atoms with Crippen LogP contribution < -0.4 is 21.3 Å². The quantitative estimate of drug-likeness (QED) is 0.472. The van der Waals surface area contributed by atoms with Crippen molar-refractivity contribution in [3.8, 4) is 0 Å². The van der Waals surface area contributed by atoms with Crippen LogP contribution in [0.25, 0.3) is 0 Å². The molecule has 148 valence electrons. The van der Waals surface area contributed by atoms with E-state index in [1.807, 2.05) is 0 Å². The van der Waals surface area contributed by atoms with Crippen LogP contribution in [0.4, 0.5) is 27.0 Å². The summed E-state index contributed by atoms with van der Waals surface area (Å²) >= 11 is 7.00. The summed E-state index contributed by atoms with van der Waals surface area (Å²) in [7, 11) is 0. The molecular weight excluding hydrogens is 414 g/mol. The van der Waals surface area contributed by atoms with Crippen molar-refractivity contribution >= 4 is 63.0 Å². The van der Waals surface area contributed by atoms with Gasteiger partial charge in [-0.25, -0.2) is 9.78 Å². The van der Waals surface area contributed by atoms with Gasteiger partial charge in [0.25, 0.3) is 5.91 Å². The van der Waals surface area contributed by atoms with Crippen LogP contribution in [0.5, 0.6) is 0 Å². The topological polar surface area (TPSA) is 112 Å². The molecule has 29 heavy (non-hydrogen) atoms. The average Bonchev–Trinajstić information content (AvgIpc) is 3.11. The number of benzene rings is 2. The fourth-order valence-electron chi connectivity index (χ4n) is 2.30. The van der Waals surface area contributed by atoms with E-state index < -0.39 is 11.9 Å². The minimum absolute atomic E-state index is 0.166. The van der Waals surface area contributed by atoms with Crippen LogP contribution in [0.1, 0.15) is 17.4 Å². The highest BCUT2D eigenvalue weighted by atomic mass is 35.5. The average molecular weight is 430 g/mol. The molecule has 0 fully saturated rings. The van der Waals surface area contributed by atoms with E-state index >= 15 is 0 Å². The molecule has 2 aromatic carbocycles. The lowest BCUT2D eigenvalue weighted by Crippen LogP contribution is -2.19. The standard InChI is InChI=1S/C19H16ClN5O3S/c1-11(26)21-13-5-7-14(8-6-13)22-17(27)16-10-29-19(24-16)25-18(28)23-15-4-2-3-12(20)9-15/h2-10H,1H3,(H,21,26)(H,22,27)(H2,23,24,25,28). The molecule has 0 bridgehead atoms. The van der Waals surface area contributed by atoms with Gasteiger partial charge in [0, 0.05) is 34.4 Å². The minimum atomic E-state index is -0.498. The largest absolute Gasteiger partial charge is 0.326 e. The van der Waals surface area contributed by atoms with Crippen molar-refractivity contribution in [2.75, 3.05) is 21.3 Å². The Hall–Kier alpha value is -3.43. The van der Waals surface area contributed by atoms with Crippen LogP contribution in [0.15, 0.2) is 53.9 Å². The van der Waals surface area contributed by atoms with E-state index in [-0.39, 0.29) is 16.7 Å². The molecule has 8 nitrogen and oxygen atoms in total. The van der Waals surface area contributed by atoms with Crippen LogP contribution >= 0.6 is 22.9 Å². The maximum Gasteiger partial charge on any atom is 0.325 e. The zero-order valence-electron chi connectivity index (χ0n) is 15.2. The highest BCUT2D eigenvalue weighted by Gasteiger charge is 2.13. The van der Waals surface area contributed by atoms with E-state index in [4.69, 9.17) is 11.6 Å². The van der Waals surface area contributed by atoms with Gasteiger partial charge in [-0.05, 0) is 42.5 Å². The molecule has 1 heterocycles. The van der Waals surface area contributed by atoms with Crippen molar-refractivity contribution in [3.63, 3.8) is 0 Å². The van der Waals surface area contributed by atoms with E-state index in [0.717, 1.165) is 11.3 Å². The Kier molecular flexibility index (Phi) is 6.43. The summed E-state index contributed by atoms with van der Waals surface area (Å²) in [6.07, 6.45) is 0. The smallest absolute Gasteiger partial charge is 0.325 e. The van der Waals surface area contributed by atoms with Gasteiger partial charge in [0.2, 0.25) is 5.91 Å². The Labute approximate surface area is 175 Å². The van der Waals surface area contributed by atoms with Crippen LogP contribution in [0, 0.1) is 0 Å². The number of nitrogens with zero attached hydrogens (tertiary/aromatic N) is 1. The van der Waals surface area contributed by atoms with Gasteiger partial charge in [-0.15, -0.1) is 11.3 Å². The first-order valence-electron chi connectivity index (χ1n) is 8.37. The first kappa shape index (κ1) is 20.3. The van der Waals surface area contributed by atoms with Crippen molar-refractivity contribution in [2.45, 2.75) is 6.92 Å². The Balaban J connectivity index is 1.56. The van der Waals surface area contributed by atoms with Crippen molar-refractivity contribution in [2.24, 2.45) is 0 Å². The number of urea groups is 1. The molecule has 0 aliphatic carbocycles. The number of carbonyl (C=O) groups is 3. The number of halogens is 1. The first-order chi connectivity index (χ1) is 13.9. The zero-order chi connectivity index (χ0) is 20.8. The van der Waals surface area contributed by atoms with Crippen LogP contribution in [-0.2, 0) is 4.79 Å². The molecule has 0 atom stereocenters. The number of nitrogens with one attached hydrogen (secondary N) is 4. The predicted molar refractivity (Wildman–Crippen MR) is 115 cm³/mol. The lowest BCUT2D eigenvalue weighted by Gasteiger charge is -2.06. The van der Waals surface area contributed by atoms with Crippen LogP contribution in [-0.4, -0.2) is 22.8 Å². The molecule has 0 radical (unpaired) electrons. The molecular formula is C19H16ClN5O3S. The maximum absolute atomic E-state index is 12.3. The highest BCUT2D eigenvalue weighted by Crippen LogP contribution is 2.19. The molecule has 0 saturated heterocycles. The molecule has 0 spiro atoms. The number of amides is 4. The Morgan fingerprint density at radius 2 is 1.59 bits per heavy atom. The zero-order valence-corrected chi connectivity index (χ0v) is 16.7. The fourth-order valence-corrected chi connectivity index (χ4v) is 3.17. The van der Waals surface area contributed by atoms with Crippen LogP contribution in [0.2, 0.25) is 5.02 Å². The number of rotatable bonds is 5. The lowest BCUT2D eigenvalue weighted by molar-refractivity contribution is -0.114. The van der Waals surface area contributed by atoms with Gasteiger partial charge in [0.1, 0.15) is 5.69 Å². The molecule has 3 rings (SSSR count). The molecule has 4 N–H and O–H groups in total. The summed E-state index contributed by atoms with van der Waals surface area (Å²) in [6.45, 7) is 1.42. The number of carbonyl (C=O) groups excluding carboxylic acids is 3. The van der Waals surface area contributed by atoms with Crippen LogP contribution in [0.3, 0.4) is 0 Å². The van der Waals surface area contributed by atoms with E-state index in [0.29, 0.717) is 22.1 Å². The normalized spacial score (nSPS) is 10.1. The van der Waals surface area contributed by atoms with E-state index in [2.05, 4.69) is 26.3 Å². The third kappa shape index (κ3) is 6.03. The molecule has 0 aliphatic rings. The van der Waals surface area contributed by atoms with Crippen molar-refractivity contribution in [3.05, 3.63) is 64.6 Å². The Morgan fingerprint density at radius 1 is 0.897 bits per heavy atom. The number of thiazole rings is 1. The van der Waals surface area contributed by atoms with Gasteiger partial charge in [0.05, 0.1) is 0 Å². The summed E-state index contributed by atoms with van der Waals surface area (Å²) in [5.74, 6) is -0.597. The summed E-state index contributed by atoms with van der Waals surface area (Å²) in [5, 5.41) is 12.9. The van der Waals surface area contributed by atoms with E-state index in [1.54, 1.807) is 48.5 Å². The van der Waals surface area contributed by atoms with Crippen molar-refractivity contribution in [1.29, 1.82) is 0 Å². The maximum atomic E-state index is 12.3. The third-order valence-electron chi connectivity index (χ3n) is 3.50. The summed E-state index contributed by atoms with van der Waals surface area (Å²) in [6, 6.07) is 12.9. The monoisotopic (exact) mass is 429 g/mol. The molecule has 10 heteroatoms. The molecule has 1 aromatic heterocycles. The summed E-state index contributed by atoms with van der Waals surface area (Å²) < 4.78 is 0. The third-order valence-corrected chi connectivity index (χ3v) is 4.50. The molecule has 3 aromatic rings. The fraction of sp³-hybridized carbons (Fsp3) is 0.0526. The number of aromatic nitrogens is 1. The predicted octanol–water partition coefficient (Wildman–Crippen LogP) is 4.65.